The van der Waals surface area contributed by atoms with Gasteiger partial charge in [-0.1, -0.05) is 13.3 Å². The summed E-state index contributed by atoms with van der Waals surface area (Å²) >= 11 is 0. The average Bonchev–Trinajstić information content (AvgIpc) is 3.45. The van der Waals surface area contributed by atoms with E-state index in [0.717, 1.165) is 12.8 Å². The van der Waals surface area contributed by atoms with Gasteiger partial charge in [-0.15, -0.1) is 0 Å². The summed E-state index contributed by atoms with van der Waals surface area (Å²) in [4.78, 5) is 29.5. The highest BCUT2D eigenvalue weighted by Gasteiger charge is 2.39. The van der Waals surface area contributed by atoms with Crippen LogP contribution in [0.15, 0.2) is 12.4 Å². The van der Waals surface area contributed by atoms with Crippen LogP contribution in [0.2, 0.25) is 0 Å². The lowest BCUT2D eigenvalue weighted by Crippen LogP contribution is -2.57. The third kappa shape index (κ3) is 4.12. The highest BCUT2D eigenvalue weighted by molar-refractivity contribution is 7.91. The standard InChI is InChI=1S/C20H30N4O5S/c1-3-15-4-8-29-18(15)20(26)23-7-6-22(11-14(23)2)19(25)16-10-21-24(12-16)17-5-9-30(27,28)13-17/h10,12,14-15,17-18H,3-9,11,13H2,1-2H3/t14?,15-,17?,18+/m1/s1. The van der Waals surface area contributed by atoms with Crippen molar-refractivity contribution in [3.05, 3.63) is 18.0 Å². The molecular weight excluding hydrogens is 408 g/mol. The Morgan fingerprint density at radius 1 is 1.27 bits per heavy atom. The van der Waals surface area contributed by atoms with Crippen LogP contribution >= 0.6 is 0 Å². The van der Waals surface area contributed by atoms with Crippen LogP contribution in [-0.4, -0.2) is 89.7 Å². The van der Waals surface area contributed by atoms with Gasteiger partial charge in [0.05, 0.1) is 29.3 Å². The van der Waals surface area contributed by atoms with Crippen molar-refractivity contribution in [1.29, 1.82) is 0 Å². The van der Waals surface area contributed by atoms with E-state index in [1.54, 1.807) is 15.8 Å². The van der Waals surface area contributed by atoms with Gasteiger partial charge < -0.3 is 14.5 Å². The van der Waals surface area contributed by atoms with Gasteiger partial charge in [0.2, 0.25) is 0 Å². The van der Waals surface area contributed by atoms with E-state index in [-0.39, 0.29) is 47.4 Å². The maximum atomic E-state index is 13.0. The summed E-state index contributed by atoms with van der Waals surface area (Å²) in [6, 6.07) is -0.296. The van der Waals surface area contributed by atoms with Crippen molar-refractivity contribution in [1.82, 2.24) is 19.6 Å². The first-order valence-corrected chi connectivity index (χ1v) is 12.6. The number of rotatable bonds is 4. The van der Waals surface area contributed by atoms with Crippen LogP contribution in [0.4, 0.5) is 0 Å². The maximum Gasteiger partial charge on any atom is 0.257 e. The number of piperazine rings is 1. The summed E-state index contributed by atoms with van der Waals surface area (Å²) in [7, 11) is -3.01. The van der Waals surface area contributed by atoms with E-state index in [2.05, 4.69) is 12.0 Å². The molecule has 9 nitrogen and oxygen atoms in total. The molecular formula is C20H30N4O5S. The number of hydrogen-bond acceptors (Lipinski definition) is 6. The number of amides is 2. The molecule has 4 atom stereocenters. The smallest absolute Gasteiger partial charge is 0.257 e. The first-order valence-electron chi connectivity index (χ1n) is 10.7. The van der Waals surface area contributed by atoms with E-state index in [0.29, 0.717) is 38.2 Å². The van der Waals surface area contributed by atoms with Crippen molar-refractivity contribution in [2.24, 2.45) is 5.92 Å². The van der Waals surface area contributed by atoms with E-state index >= 15 is 0 Å². The minimum Gasteiger partial charge on any atom is -0.368 e. The fourth-order valence-electron chi connectivity index (χ4n) is 4.77. The summed E-state index contributed by atoms with van der Waals surface area (Å²) < 4.78 is 30.7. The lowest BCUT2D eigenvalue weighted by molar-refractivity contribution is -0.147. The van der Waals surface area contributed by atoms with E-state index < -0.39 is 9.84 Å². The van der Waals surface area contributed by atoms with Gasteiger partial charge in [-0.3, -0.25) is 14.3 Å². The SMILES string of the molecule is CC[C@@H]1CCO[C@@H]1C(=O)N1CCN(C(=O)c2cnn(C3CCS(=O)(=O)C3)c2)CC1C. The van der Waals surface area contributed by atoms with Crippen molar-refractivity contribution in [2.75, 3.05) is 37.7 Å². The van der Waals surface area contributed by atoms with E-state index in [4.69, 9.17) is 4.74 Å². The topological polar surface area (TPSA) is 102 Å². The van der Waals surface area contributed by atoms with Crippen LogP contribution in [0, 0.1) is 5.92 Å². The zero-order chi connectivity index (χ0) is 21.5. The van der Waals surface area contributed by atoms with Gasteiger partial charge in [0.1, 0.15) is 6.10 Å². The van der Waals surface area contributed by atoms with E-state index in [1.807, 2.05) is 11.8 Å². The third-order valence-electron chi connectivity index (χ3n) is 6.61. The minimum atomic E-state index is -3.01. The predicted molar refractivity (Wildman–Crippen MR) is 110 cm³/mol. The zero-order valence-electron chi connectivity index (χ0n) is 17.6. The molecule has 1 aromatic rings. The molecule has 3 fully saturated rings. The van der Waals surface area contributed by atoms with Crippen LogP contribution in [-0.2, 0) is 19.4 Å². The third-order valence-corrected chi connectivity index (χ3v) is 8.36. The second-order valence-corrected chi connectivity index (χ2v) is 10.9. The van der Waals surface area contributed by atoms with Crippen LogP contribution < -0.4 is 0 Å². The van der Waals surface area contributed by atoms with E-state index in [9.17, 15) is 18.0 Å². The summed E-state index contributed by atoms with van der Waals surface area (Å²) in [6.07, 6.45) is 5.17. The first-order chi connectivity index (χ1) is 14.3. The highest BCUT2D eigenvalue weighted by Crippen LogP contribution is 2.27. The average molecular weight is 439 g/mol. The van der Waals surface area contributed by atoms with Gasteiger partial charge in [-0.25, -0.2) is 8.42 Å². The molecule has 1 aromatic heterocycles. The molecule has 0 saturated carbocycles. The van der Waals surface area contributed by atoms with Gasteiger partial charge in [-0.2, -0.15) is 5.10 Å². The second-order valence-electron chi connectivity index (χ2n) is 8.65. The summed E-state index contributed by atoms with van der Waals surface area (Å²) in [5.74, 6) is 0.411. The Morgan fingerprint density at radius 2 is 2.07 bits per heavy atom. The lowest BCUT2D eigenvalue weighted by atomic mass is 9.97. The number of ether oxygens (including phenoxy) is 1. The molecule has 3 aliphatic rings. The number of carbonyl (C=O) groups is 2. The summed E-state index contributed by atoms with van der Waals surface area (Å²) in [6.45, 7) is 6.07. The molecule has 0 aromatic carbocycles. The molecule has 2 amide bonds. The van der Waals surface area contributed by atoms with Crippen LogP contribution in [0.25, 0.3) is 0 Å². The van der Waals surface area contributed by atoms with Gasteiger partial charge in [0.25, 0.3) is 11.8 Å². The van der Waals surface area contributed by atoms with Crippen molar-refractivity contribution in [2.45, 2.75) is 51.3 Å². The number of hydrogen-bond donors (Lipinski definition) is 0. The van der Waals surface area contributed by atoms with Gasteiger partial charge in [-0.05, 0) is 25.7 Å². The predicted octanol–water partition coefficient (Wildman–Crippen LogP) is 0.731. The normalized spacial score (nSPS) is 31.3. The van der Waals surface area contributed by atoms with E-state index in [1.165, 1.54) is 6.20 Å². The Bertz CT molecular complexity index is 914. The molecule has 0 N–H and O–H groups in total. The number of carbonyl (C=O) groups excluding carboxylic acids is 2. The molecule has 0 radical (unpaired) electrons. The molecule has 3 saturated heterocycles. The molecule has 4 rings (SSSR count). The molecule has 0 bridgehead atoms. The molecule has 0 spiro atoms. The number of sulfone groups is 1. The van der Waals surface area contributed by atoms with Crippen molar-refractivity contribution < 1.29 is 22.7 Å². The fraction of sp³-hybridized carbons (Fsp3) is 0.750. The van der Waals surface area contributed by atoms with Crippen molar-refractivity contribution in [3.63, 3.8) is 0 Å². The van der Waals surface area contributed by atoms with Gasteiger partial charge in [0, 0.05) is 38.5 Å². The molecule has 30 heavy (non-hydrogen) atoms. The maximum absolute atomic E-state index is 13.0. The summed E-state index contributed by atoms with van der Waals surface area (Å²) in [5.41, 5.74) is 0.455. The second kappa shape index (κ2) is 8.30. The Morgan fingerprint density at radius 3 is 2.73 bits per heavy atom. The summed E-state index contributed by atoms with van der Waals surface area (Å²) in [5, 5.41) is 4.24. The Kier molecular flexibility index (Phi) is 5.89. The molecule has 3 aliphatic heterocycles. The molecule has 4 heterocycles. The highest BCUT2D eigenvalue weighted by atomic mass is 32.2. The van der Waals surface area contributed by atoms with Crippen molar-refractivity contribution >= 4 is 21.7 Å². The fourth-order valence-corrected chi connectivity index (χ4v) is 6.48. The van der Waals surface area contributed by atoms with Gasteiger partial charge in [0.15, 0.2) is 9.84 Å². The minimum absolute atomic E-state index is 0.0363. The van der Waals surface area contributed by atoms with Crippen LogP contribution in [0.3, 0.4) is 0 Å². The Labute approximate surface area is 177 Å². The monoisotopic (exact) mass is 438 g/mol. The molecule has 166 valence electrons. The zero-order valence-corrected chi connectivity index (χ0v) is 18.4. The van der Waals surface area contributed by atoms with Crippen LogP contribution in [0.1, 0.15) is 49.5 Å². The van der Waals surface area contributed by atoms with Crippen LogP contribution in [0.5, 0.6) is 0 Å². The molecule has 10 heteroatoms. The quantitative estimate of drug-likeness (QED) is 0.687. The van der Waals surface area contributed by atoms with Crippen molar-refractivity contribution in [3.8, 4) is 0 Å². The molecule has 2 unspecified atom stereocenters. The lowest BCUT2D eigenvalue weighted by Gasteiger charge is -2.41. The molecule has 0 aliphatic carbocycles. The Balaban J connectivity index is 1.37. The largest absolute Gasteiger partial charge is 0.368 e. The number of nitrogens with zero attached hydrogens (tertiary/aromatic N) is 4. The first kappa shape index (κ1) is 21.3. The number of aromatic nitrogens is 2. The van der Waals surface area contributed by atoms with Gasteiger partial charge >= 0.3 is 0 Å². The Hall–Kier alpha value is -1.94.